The molecule has 0 fully saturated rings. The molecule has 6 heavy (non-hydrogen) atoms. The summed E-state index contributed by atoms with van der Waals surface area (Å²) >= 11 is 4.55. The molecule has 0 saturated carbocycles. The van der Waals surface area contributed by atoms with Crippen molar-refractivity contribution in [1.82, 2.24) is 5.32 Å². The van der Waals surface area contributed by atoms with Crippen LogP contribution in [0.25, 0.3) is 0 Å². The second kappa shape index (κ2) is 5.05. The highest BCUT2D eigenvalue weighted by atomic mass is 32.1. The molecule has 0 atom stereocenters. The van der Waals surface area contributed by atoms with Gasteiger partial charge in [0.2, 0.25) is 0 Å². The van der Waals surface area contributed by atoms with Crippen LogP contribution in [0.15, 0.2) is 0 Å². The lowest BCUT2D eigenvalue weighted by Gasteiger charge is -1.85. The van der Waals surface area contributed by atoms with Crippen LogP contribution in [0.4, 0.5) is 0 Å². The van der Waals surface area contributed by atoms with E-state index in [1.807, 2.05) is 7.05 Å². The minimum atomic E-state index is 0.992. The van der Waals surface area contributed by atoms with Gasteiger partial charge in [-0.25, -0.2) is 0 Å². The van der Waals surface area contributed by atoms with E-state index < -0.39 is 0 Å². The van der Waals surface area contributed by atoms with Crippen molar-refractivity contribution >= 4 is 17.6 Å². The van der Waals surface area contributed by atoms with Gasteiger partial charge in [0, 0.05) is 0 Å². The summed E-state index contributed by atoms with van der Waals surface area (Å²) in [6.45, 7) is 1.00. The molecule has 0 aliphatic rings. The molecular weight excluding hydrogens is 94.1 g/mol. The standard InChI is InChI=1S/C4H9NS/c1-5-3-2-4-6/h4-5H,2-3H2,1H3. The van der Waals surface area contributed by atoms with Crippen LogP contribution >= 0.6 is 12.2 Å². The van der Waals surface area contributed by atoms with E-state index in [0.29, 0.717) is 0 Å². The summed E-state index contributed by atoms with van der Waals surface area (Å²) in [7, 11) is 1.92. The van der Waals surface area contributed by atoms with E-state index in [0.717, 1.165) is 13.0 Å². The molecule has 0 aromatic heterocycles. The fraction of sp³-hybridized carbons (Fsp3) is 0.750. The molecule has 2 heteroatoms. The third-order valence-corrected chi connectivity index (χ3v) is 0.748. The van der Waals surface area contributed by atoms with Crippen molar-refractivity contribution in [3.8, 4) is 0 Å². The summed E-state index contributed by atoms with van der Waals surface area (Å²) in [5.74, 6) is 0. The molecule has 1 N–H and O–H groups in total. The minimum Gasteiger partial charge on any atom is -0.319 e. The smallest absolute Gasteiger partial charge is 0.000909 e. The quantitative estimate of drug-likeness (QED) is 0.414. The van der Waals surface area contributed by atoms with E-state index in [-0.39, 0.29) is 0 Å². The molecule has 1 nitrogen and oxygen atoms in total. The third kappa shape index (κ3) is 4.05. The van der Waals surface area contributed by atoms with E-state index in [1.54, 1.807) is 5.37 Å². The van der Waals surface area contributed by atoms with E-state index in [2.05, 4.69) is 17.5 Å². The Morgan fingerprint density at radius 3 is 2.67 bits per heavy atom. The van der Waals surface area contributed by atoms with Crippen LogP contribution in [-0.4, -0.2) is 19.0 Å². The maximum atomic E-state index is 4.55. The summed E-state index contributed by atoms with van der Waals surface area (Å²) in [4.78, 5) is 0. The topological polar surface area (TPSA) is 12.0 Å². The minimum absolute atomic E-state index is 0.992. The first-order valence-electron chi connectivity index (χ1n) is 2.00. The predicted molar refractivity (Wildman–Crippen MR) is 32.2 cm³/mol. The van der Waals surface area contributed by atoms with Crippen LogP contribution < -0.4 is 5.32 Å². The van der Waals surface area contributed by atoms with Gasteiger partial charge in [0.05, 0.1) is 0 Å². The zero-order valence-corrected chi connectivity index (χ0v) is 4.72. The van der Waals surface area contributed by atoms with Gasteiger partial charge in [0.15, 0.2) is 0 Å². The number of thiocarbonyl (C=S) groups is 1. The normalized spacial score (nSPS) is 8.17. The predicted octanol–water partition coefficient (Wildman–Crippen LogP) is 0.596. The molecular formula is C4H9NS. The first-order chi connectivity index (χ1) is 2.91. The van der Waals surface area contributed by atoms with Crippen LogP contribution in [0.2, 0.25) is 0 Å². The Labute approximate surface area is 43.7 Å². The average molecular weight is 103 g/mol. The Bertz CT molecular complexity index is 36.5. The van der Waals surface area contributed by atoms with Gasteiger partial charge < -0.3 is 5.32 Å². The van der Waals surface area contributed by atoms with E-state index in [4.69, 9.17) is 0 Å². The number of rotatable bonds is 3. The largest absolute Gasteiger partial charge is 0.319 e. The number of nitrogens with one attached hydrogen (secondary N) is 1. The van der Waals surface area contributed by atoms with Gasteiger partial charge in [-0.05, 0) is 25.4 Å². The fourth-order valence-corrected chi connectivity index (χ4v) is 0.321. The highest BCUT2D eigenvalue weighted by Gasteiger charge is 1.70. The Morgan fingerprint density at radius 2 is 2.50 bits per heavy atom. The van der Waals surface area contributed by atoms with Crippen molar-refractivity contribution in [2.24, 2.45) is 0 Å². The molecule has 36 valence electrons. The van der Waals surface area contributed by atoms with E-state index >= 15 is 0 Å². The second-order valence-corrected chi connectivity index (χ2v) is 1.39. The van der Waals surface area contributed by atoms with E-state index in [9.17, 15) is 0 Å². The van der Waals surface area contributed by atoms with Crippen molar-refractivity contribution in [2.75, 3.05) is 13.6 Å². The van der Waals surface area contributed by atoms with Crippen LogP contribution in [0, 0.1) is 0 Å². The third-order valence-electron chi connectivity index (χ3n) is 0.512. The number of hydrogen-bond acceptors (Lipinski definition) is 2. The zero-order chi connectivity index (χ0) is 4.83. The van der Waals surface area contributed by atoms with E-state index in [1.165, 1.54) is 0 Å². The van der Waals surface area contributed by atoms with Crippen molar-refractivity contribution in [1.29, 1.82) is 0 Å². The molecule has 0 amide bonds. The van der Waals surface area contributed by atoms with Crippen molar-refractivity contribution in [2.45, 2.75) is 6.42 Å². The summed E-state index contributed by atoms with van der Waals surface area (Å²) in [5.41, 5.74) is 0. The number of hydrogen-bond donors (Lipinski definition) is 1. The van der Waals surface area contributed by atoms with Gasteiger partial charge in [-0.3, -0.25) is 0 Å². The monoisotopic (exact) mass is 103 g/mol. The van der Waals surface area contributed by atoms with Crippen molar-refractivity contribution in [3.05, 3.63) is 0 Å². The van der Waals surface area contributed by atoms with Crippen molar-refractivity contribution < 1.29 is 0 Å². The van der Waals surface area contributed by atoms with Gasteiger partial charge in [0.1, 0.15) is 0 Å². The van der Waals surface area contributed by atoms with Crippen molar-refractivity contribution in [3.63, 3.8) is 0 Å². The average Bonchev–Trinajstić information content (AvgIpc) is 1.61. The molecule has 0 radical (unpaired) electrons. The second-order valence-electron chi connectivity index (χ2n) is 1.06. The zero-order valence-electron chi connectivity index (χ0n) is 3.90. The lowest BCUT2D eigenvalue weighted by atomic mass is 10.5. The Hall–Kier alpha value is 0.0500. The van der Waals surface area contributed by atoms with Crippen LogP contribution in [0.3, 0.4) is 0 Å². The molecule has 0 bridgehead atoms. The highest BCUT2D eigenvalue weighted by molar-refractivity contribution is 7.78. The van der Waals surface area contributed by atoms with Gasteiger partial charge in [-0.1, -0.05) is 12.2 Å². The lowest BCUT2D eigenvalue weighted by molar-refractivity contribution is 0.833. The molecule has 0 aromatic carbocycles. The summed E-state index contributed by atoms with van der Waals surface area (Å²) in [5, 5.41) is 4.70. The molecule has 0 heterocycles. The molecule has 0 aromatic rings. The first-order valence-corrected chi connectivity index (χ1v) is 2.47. The molecule has 0 aliphatic carbocycles. The maximum Gasteiger partial charge on any atom is -0.000909 e. The lowest BCUT2D eigenvalue weighted by Crippen LogP contribution is -2.06. The van der Waals surface area contributed by atoms with Gasteiger partial charge in [-0.15, -0.1) is 0 Å². The van der Waals surface area contributed by atoms with Crippen LogP contribution in [0.1, 0.15) is 6.42 Å². The van der Waals surface area contributed by atoms with Gasteiger partial charge >= 0.3 is 0 Å². The fourth-order valence-electron chi connectivity index (χ4n) is 0.203. The molecule has 0 unspecified atom stereocenters. The molecule has 0 spiro atoms. The molecule has 0 rings (SSSR count). The Kier molecular flexibility index (Phi) is 5.09. The Balaban J connectivity index is 2.49. The van der Waals surface area contributed by atoms with Gasteiger partial charge in [0.25, 0.3) is 0 Å². The molecule has 0 aliphatic heterocycles. The van der Waals surface area contributed by atoms with Gasteiger partial charge in [-0.2, -0.15) is 0 Å². The SMILES string of the molecule is CNCCC=S. The maximum absolute atomic E-state index is 4.55. The summed E-state index contributed by atoms with van der Waals surface area (Å²) < 4.78 is 0. The van der Waals surface area contributed by atoms with Crippen LogP contribution in [-0.2, 0) is 0 Å². The molecule has 0 saturated heterocycles. The highest BCUT2D eigenvalue weighted by Crippen LogP contribution is 1.64. The van der Waals surface area contributed by atoms with Crippen LogP contribution in [0.5, 0.6) is 0 Å². The first kappa shape index (κ1) is 6.05. The summed E-state index contributed by atoms with van der Waals surface area (Å²) in [6, 6.07) is 0. The Morgan fingerprint density at radius 1 is 1.83 bits per heavy atom. The summed E-state index contributed by atoms with van der Waals surface area (Å²) in [6.07, 6.45) is 0.992.